The van der Waals surface area contributed by atoms with Crippen molar-refractivity contribution in [1.82, 2.24) is 14.6 Å². The maximum absolute atomic E-state index is 5.16. The van der Waals surface area contributed by atoms with E-state index in [1.54, 1.807) is 11.6 Å². The number of hydrogen-bond donors (Lipinski definition) is 0. The van der Waals surface area contributed by atoms with Crippen molar-refractivity contribution >= 4 is 11.3 Å². The fraction of sp³-hybridized carbons (Fsp3) is 0.0556. The van der Waals surface area contributed by atoms with Gasteiger partial charge in [-0.3, -0.25) is 0 Å². The van der Waals surface area contributed by atoms with Crippen molar-refractivity contribution in [3.63, 3.8) is 0 Å². The van der Waals surface area contributed by atoms with E-state index in [9.17, 15) is 0 Å². The van der Waals surface area contributed by atoms with E-state index >= 15 is 0 Å². The van der Waals surface area contributed by atoms with Gasteiger partial charge in [0.25, 0.3) is 0 Å². The molecule has 4 rings (SSSR count). The van der Waals surface area contributed by atoms with Crippen LogP contribution in [0.15, 0.2) is 71.9 Å². The molecule has 1 aromatic heterocycles. The Kier molecular flexibility index (Phi) is 3.24. The van der Waals surface area contributed by atoms with Crippen LogP contribution >= 0.6 is 0 Å². The summed E-state index contributed by atoms with van der Waals surface area (Å²) >= 11 is 0. The molecule has 0 amide bonds. The van der Waals surface area contributed by atoms with Gasteiger partial charge in [0.2, 0.25) is 0 Å². The van der Waals surface area contributed by atoms with Crippen molar-refractivity contribution < 1.29 is 4.74 Å². The van der Waals surface area contributed by atoms with Gasteiger partial charge in [-0.25, -0.2) is 14.5 Å². The molecule has 2 aliphatic rings. The minimum Gasteiger partial charge on any atom is -0.497 e. The van der Waals surface area contributed by atoms with Gasteiger partial charge in [-0.1, -0.05) is 6.07 Å². The molecule has 1 aromatic carbocycles. The molecule has 0 N–H and O–H groups in total. The number of hydrogen-bond acceptors (Lipinski definition) is 4. The summed E-state index contributed by atoms with van der Waals surface area (Å²) in [6, 6.07) is 19.3. The molecular weight excluding hydrogens is 288 g/mol. The van der Waals surface area contributed by atoms with E-state index in [1.165, 1.54) is 0 Å². The standard InChI is InChI=1S/C18H14N4O/c1-23-15-8-5-13(6-9-15)19-14-7-10-16-17(12-14)20-18-4-2-3-11-22(18)21-16/h2-12H,1H3. The number of methoxy groups -OCH3 is 1. The fourth-order valence-corrected chi connectivity index (χ4v) is 2.40. The van der Waals surface area contributed by atoms with E-state index in [-0.39, 0.29) is 0 Å². The third kappa shape index (κ3) is 2.64. The molecule has 112 valence electrons. The molecule has 0 bridgehead atoms. The molecule has 2 heterocycles. The SMILES string of the molecule is COc1ccc(N=c2ccc3nn4ccccc4nc-3c2)cc1. The molecule has 0 radical (unpaired) electrons. The third-order valence-corrected chi connectivity index (χ3v) is 3.56. The molecule has 1 aliphatic carbocycles. The number of pyridine rings is 1. The number of aromatic nitrogens is 3. The number of rotatable bonds is 2. The van der Waals surface area contributed by atoms with Crippen LogP contribution in [0.4, 0.5) is 5.69 Å². The first-order valence-corrected chi connectivity index (χ1v) is 7.26. The Morgan fingerprint density at radius 1 is 0.957 bits per heavy atom. The summed E-state index contributed by atoms with van der Waals surface area (Å²) in [6.45, 7) is 0. The number of ether oxygens (including phenoxy) is 1. The lowest BCUT2D eigenvalue weighted by Gasteiger charge is -2.06. The summed E-state index contributed by atoms with van der Waals surface area (Å²) in [7, 11) is 1.65. The van der Waals surface area contributed by atoms with Crippen molar-refractivity contribution in [2.75, 3.05) is 7.11 Å². The first-order chi connectivity index (χ1) is 11.3. The minimum atomic E-state index is 0.807. The Morgan fingerprint density at radius 3 is 2.65 bits per heavy atom. The summed E-state index contributed by atoms with van der Waals surface area (Å²) in [4.78, 5) is 9.24. The van der Waals surface area contributed by atoms with Gasteiger partial charge in [-0.2, -0.15) is 5.10 Å². The summed E-state index contributed by atoms with van der Waals surface area (Å²) in [6.07, 6.45) is 1.89. The molecule has 0 spiro atoms. The smallest absolute Gasteiger partial charge is 0.154 e. The monoisotopic (exact) mass is 302 g/mol. The van der Waals surface area contributed by atoms with Crippen LogP contribution in [0.3, 0.4) is 0 Å². The van der Waals surface area contributed by atoms with Gasteiger partial charge >= 0.3 is 0 Å². The second-order valence-corrected chi connectivity index (χ2v) is 5.10. The van der Waals surface area contributed by atoms with Crippen molar-refractivity contribution in [1.29, 1.82) is 0 Å². The summed E-state index contributed by atoms with van der Waals surface area (Å²) in [5, 5.41) is 5.39. The molecule has 23 heavy (non-hydrogen) atoms. The van der Waals surface area contributed by atoms with Gasteiger partial charge < -0.3 is 4.74 Å². The van der Waals surface area contributed by atoms with Crippen LogP contribution in [-0.4, -0.2) is 21.7 Å². The van der Waals surface area contributed by atoms with Gasteiger partial charge in [0.15, 0.2) is 5.65 Å². The molecule has 2 aromatic rings. The largest absolute Gasteiger partial charge is 0.497 e. The van der Waals surface area contributed by atoms with Crippen molar-refractivity contribution in [3.05, 3.63) is 72.2 Å². The zero-order valence-electron chi connectivity index (χ0n) is 12.5. The lowest BCUT2D eigenvalue weighted by atomic mass is 10.2. The van der Waals surface area contributed by atoms with Crippen LogP contribution in [-0.2, 0) is 0 Å². The summed E-state index contributed by atoms with van der Waals surface area (Å²) in [5.74, 6) is 0.817. The van der Waals surface area contributed by atoms with E-state index in [2.05, 4.69) is 15.1 Å². The van der Waals surface area contributed by atoms with Gasteiger partial charge in [0.1, 0.15) is 11.4 Å². The second kappa shape index (κ2) is 5.53. The van der Waals surface area contributed by atoms with Crippen LogP contribution < -0.4 is 10.1 Å². The van der Waals surface area contributed by atoms with Gasteiger partial charge in [0, 0.05) is 6.20 Å². The topological polar surface area (TPSA) is 51.8 Å². The van der Waals surface area contributed by atoms with Crippen molar-refractivity contribution in [2.45, 2.75) is 0 Å². The van der Waals surface area contributed by atoms with Crippen LogP contribution in [0.25, 0.3) is 17.0 Å². The number of fused-ring (bicyclic) bond motifs is 2. The Bertz CT molecular complexity index is 1010. The van der Waals surface area contributed by atoms with E-state index in [0.29, 0.717) is 0 Å². The maximum Gasteiger partial charge on any atom is 0.154 e. The van der Waals surface area contributed by atoms with Crippen molar-refractivity contribution in [3.8, 4) is 17.1 Å². The summed E-state index contributed by atoms with van der Waals surface area (Å²) in [5.41, 5.74) is 3.34. The van der Waals surface area contributed by atoms with E-state index in [0.717, 1.165) is 33.8 Å². The van der Waals surface area contributed by atoms with Crippen LogP contribution in [0, 0.1) is 0 Å². The molecule has 0 saturated carbocycles. The third-order valence-electron chi connectivity index (χ3n) is 3.56. The first-order valence-electron chi connectivity index (χ1n) is 7.26. The lowest BCUT2D eigenvalue weighted by Crippen LogP contribution is -2.07. The predicted octanol–water partition coefficient (Wildman–Crippen LogP) is 3.08. The number of nitrogens with zero attached hydrogens (tertiary/aromatic N) is 4. The molecule has 0 atom stereocenters. The molecule has 5 nitrogen and oxygen atoms in total. The minimum absolute atomic E-state index is 0.807. The predicted molar refractivity (Wildman–Crippen MR) is 87.8 cm³/mol. The molecular formula is C18H14N4O. The Hall–Kier alpha value is -3.21. The lowest BCUT2D eigenvalue weighted by molar-refractivity contribution is 0.415. The highest BCUT2D eigenvalue weighted by atomic mass is 16.5. The highest BCUT2D eigenvalue weighted by Crippen LogP contribution is 2.18. The van der Waals surface area contributed by atoms with Crippen LogP contribution in [0.5, 0.6) is 5.75 Å². The van der Waals surface area contributed by atoms with E-state index < -0.39 is 0 Å². The van der Waals surface area contributed by atoms with Crippen molar-refractivity contribution in [2.24, 2.45) is 4.99 Å². The Morgan fingerprint density at radius 2 is 1.83 bits per heavy atom. The average molecular weight is 302 g/mol. The Balaban J connectivity index is 1.82. The molecule has 5 heteroatoms. The quantitative estimate of drug-likeness (QED) is 0.535. The van der Waals surface area contributed by atoms with E-state index in [4.69, 9.17) is 4.74 Å². The molecule has 1 aliphatic heterocycles. The number of benzene rings is 2. The van der Waals surface area contributed by atoms with Crippen LogP contribution in [0.1, 0.15) is 0 Å². The highest BCUT2D eigenvalue weighted by Gasteiger charge is 2.06. The normalized spacial score (nSPS) is 12.0. The highest BCUT2D eigenvalue weighted by molar-refractivity contribution is 5.58. The zero-order valence-corrected chi connectivity index (χ0v) is 12.5. The fourth-order valence-electron chi connectivity index (χ4n) is 2.40. The maximum atomic E-state index is 5.16. The zero-order chi connectivity index (χ0) is 15.6. The van der Waals surface area contributed by atoms with Gasteiger partial charge in [-0.05, 0) is 54.6 Å². The van der Waals surface area contributed by atoms with Gasteiger partial charge in [-0.15, -0.1) is 0 Å². The Labute approximate surface area is 132 Å². The molecule has 0 saturated heterocycles. The summed E-state index contributed by atoms with van der Waals surface area (Å²) < 4.78 is 6.92. The second-order valence-electron chi connectivity index (χ2n) is 5.10. The molecule has 0 fully saturated rings. The van der Waals surface area contributed by atoms with Crippen LogP contribution in [0.2, 0.25) is 0 Å². The molecule has 0 unspecified atom stereocenters. The first kappa shape index (κ1) is 13.5. The van der Waals surface area contributed by atoms with Gasteiger partial charge in [0.05, 0.1) is 23.8 Å². The van der Waals surface area contributed by atoms with E-state index in [1.807, 2.05) is 66.9 Å². The average Bonchev–Trinajstić information content (AvgIpc) is 2.60.